The van der Waals surface area contributed by atoms with Gasteiger partial charge in [-0.25, -0.2) is 9.98 Å². The predicted octanol–water partition coefficient (Wildman–Crippen LogP) is 4.66. The number of hydrogen-bond acceptors (Lipinski definition) is 5. The lowest BCUT2D eigenvalue weighted by molar-refractivity contribution is 0.131. The van der Waals surface area contributed by atoms with E-state index < -0.39 is 0 Å². The Bertz CT molecular complexity index is 1030. The van der Waals surface area contributed by atoms with E-state index in [1.807, 2.05) is 0 Å². The van der Waals surface area contributed by atoms with Crippen LogP contribution in [0.25, 0.3) is 0 Å². The zero-order chi connectivity index (χ0) is 21.4. The molecule has 4 aliphatic rings. The molecule has 0 amide bonds. The van der Waals surface area contributed by atoms with Gasteiger partial charge in [-0.05, 0) is 22.3 Å². The number of ether oxygens (including phenoxy) is 3. The largest absolute Gasteiger partial charge is 0.469 e. The maximum absolute atomic E-state index is 6.21. The number of benzene rings is 2. The van der Waals surface area contributed by atoms with Gasteiger partial charge in [0.2, 0.25) is 11.8 Å². The molecule has 2 aliphatic heterocycles. The lowest BCUT2D eigenvalue weighted by Crippen LogP contribution is -2.27. The van der Waals surface area contributed by atoms with Crippen LogP contribution in [0.5, 0.6) is 0 Å². The van der Waals surface area contributed by atoms with Crippen LogP contribution in [0.2, 0.25) is 0 Å². The van der Waals surface area contributed by atoms with E-state index in [9.17, 15) is 0 Å². The Labute approximate surface area is 183 Å². The monoisotopic (exact) mass is 416 g/mol. The van der Waals surface area contributed by atoms with E-state index in [1.165, 1.54) is 22.3 Å². The van der Waals surface area contributed by atoms with Crippen molar-refractivity contribution < 1.29 is 14.2 Å². The van der Waals surface area contributed by atoms with Crippen LogP contribution in [0.15, 0.2) is 58.5 Å². The first kappa shape index (κ1) is 19.1. The third-order valence-electron chi connectivity index (χ3n) is 7.52. The van der Waals surface area contributed by atoms with Crippen LogP contribution in [0.1, 0.15) is 62.2 Å². The first-order valence-corrected chi connectivity index (χ1v) is 11.1. The molecule has 0 N–H and O–H groups in total. The molecule has 6 rings (SSSR count). The Kier molecular flexibility index (Phi) is 3.95. The minimum atomic E-state index is -0.0436. The fourth-order valence-electron chi connectivity index (χ4n) is 5.83. The fourth-order valence-corrected chi connectivity index (χ4v) is 5.83. The first-order chi connectivity index (χ1) is 14.9. The summed E-state index contributed by atoms with van der Waals surface area (Å²) in [5, 5.41) is 0. The molecule has 5 nitrogen and oxygen atoms in total. The highest BCUT2D eigenvalue weighted by Gasteiger charge is 2.52. The SMILES string of the molecule is CC1(C)c2ccccc2[C@H]2OC(COCC3=N[C@H]4[C@@H](O3)c3ccccc3C4(C)C)=N[C@H]21. The van der Waals surface area contributed by atoms with Gasteiger partial charge in [-0.15, -0.1) is 0 Å². The van der Waals surface area contributed by atoms with Gasteiger partial charge < -0.3 is 14.2 Å². The summed E-state index contributed by atoms with van der Waals surface area (Å²) in [5.41, 5.74) is 5.06. The normalized spacial score (nSPS) is 30.5. The summed E-state index contributed by atoms with van der Waals surface area (Å²) in [6, 6.07) is 17.2. The molecule has 2 heterocycles. The quantitative estimate of drug-likeness (QED) is 0.728. The van der Waals surface area contributed by atoms with Crippen LogP contribution in [0.4, 0.5) is 0 Å². The summed E-state index contributed by atoms with van der Waals surface area (Å²) in [4.78, 5) is 9.76. The van der Waals surface area contributed by atoms with Gasteiger partial charge in [0.15, 0.2) is 0 Å². The molecule has 160 valence electrons. The van der Waals surface area contributed by atoms with Crippen molar-refractivity contribution in [2.45, 2.75) is 62.8 Å². The topological polar surface area (TPSA) is 52.4 Å². The summed E-state index contributed by atoms with van der Waals surface area (Å²) < 4.78 is 18.4. The van der Waals surface area contributed by atoms with E-state index in [4.69, 9.17) is 24.2 Å². The van der Waals surface area contributed by atoms with Crippen molar-refractivity contribution in [3.63, 3.8) is 0 Å². The maximum atomic E-state index is 6.21. The van der Waals surface area contributed by atoms with Gasteiger partial charge in [0.05, 0.1) is 0 Å². The number of nitrogens with zero attached hydrogens (tertiary/aromatic N) is 2. The van der Waals surface area contributed by atoms with Crippen LogP contribution in [0.3, 0.4) is 0 Å². The summed E-state index contributed by atoms with van der Waals surface area (Å²) in [6.45, 7) is 9.64. The molecule has 5 heteroatoms. The lowest BCUT2D eigenvalue weighted by atomic mass is 9.83. The standard InChI is InChI=1S/C26H28N2O3/c1-25(2)17-11-7-5-9-15(17)21-23(25)27-19(30-21)13-29-14-20-28-24-22(31-20)16-10-6-8-12-18(16)26(24,3)4/h5-12,21-24H,13-14H2,1-4H3/t21-,22+,23-,24+. The molecular formula is C26H28N2O3. The van der Waals surface area contributed by atoms with E-state index in [1.54, 1.807) is 0 Å². The third-order valence-corrected chi connectivity index (χ3v) is 7.52. The average Bonchev–Trinajstić information content (AvgIpc) is 3.47. The molecule has 2 aliphatic carbocycles. The van der Waals surface area contributed by atoms with E-state index in [-0.39, 0.29) is 35.1 Å². The zero-order valence-corrected chi connectivity index (χ0v) is 18.5. The minimum absolute atomic E-state index is 0.0125. The Morgan fingerprint density at radius 3 is 1.58 bits per heavy atom. The number of aliphatic imine (C=N–C) groups is 2. The van der Waals surface area contributed by atoms with Crippen molar-refractivity contribution in [2.24, 2.45) is 9.98 Å². The van der Waals surface area contributed by atoms with Crippen molar-refractivity contribution >= 4 is 11.8 Å². The van der Waals surface area contributed by atoms with Crippen molar-refractivity contribution in [3.8, 4) is 0 Å². The van der Waals surface area contributed by atoms with E-state index in [0.29, 0.717) is 25.0 Å². The Morgan fingerprint density at radius 2 is 1.13 bits per heavy atom. The highest BCUT2D eigenvalue weighted by Crippen LogP contribution is 2.51. The maximum Gasteiger partial charge on any atom is 0.211 e. The molecule has 0 bridgehead atoms. The molecule has 0 radical (unpaired) electrons. The molecule has 0 aromatic heterocycles. The summed E-state index contributed by atoms with van der Waals surface area (Å²) in [6.07, 6.45) is -0.0249. The van der Waals surface area contributed by atoms with Gasteiger partial charge >= 0.3 is 0 Å². The van der Waals surface area contributed by atoms with Crippen LogP contribution in [0, 0.1) is 0 Å². The van der Waals surface area contributed by atoms with Crippen LogP contribution >= 0.6 is 0 Å². The minimum Gasteiger partial charge on any atom is -0.469 e. The summed E-state index contributed by atoms with van der Waals surface area (Å²) in [7, 11) is 0. The Hall–Kier alpha value is -2.66. The smallest absolute Gasteiger partial charge is 0.211 e. The van der Waals surface area contributed by atoms with Crippen molar-refractivity contribution in [1.82, 2.24) is 0 Å². The van der Waals surface area contributed by atoms with Gasteiger partial charge in [0.1, 0.15) is 37.5 Å². The molecule has 2 aromatic carbocycles. The Morgan fingerprint density at radius 1 is 0.710 bits per heavy atom. The van der Waals surface area contributed by atoms with Gasteiger partial charge in [-0.3, -0.25) is 0 Å². The first-order valence-electron chi connectivity index (χ1n) is 11.1. The fraction of sp³-hybridized carbons (Fsp3) is 0.462. The highest BCUT2D eigenvalue weighted by molar-refractivity contribution is 5.83. The van der Waals surface area contributed by atoms with Crippen molar-refractivity contribution in [1.29, 1.82) is 0 Å². The second-order valence-electron chi connectivity index (χ2n) is 10.1. The zero-order valence-electron chi connectivity index (χ0n) is 18.5. The average molecular weight is 417 g/mol. The van der Waals surface area contributed by atoms with Gasteiger partial charge in [0.25, 0.3) is 0 Å². The second-order valence-corrected chi connectivity index (χ2v) is 10.1. The second kappa shape index (κ2) is 6.42. The van der Waals surface area contributed by atoms with Crippen LogP contribution < -0.4 is 0 Å². The van der Waals surface area contributed by atoms with Crippen LogP contribution in [-0.4, -0.2) is 37.1 Å². The molecule has 2 aromatic rings. The van der Waals surface area contributed by atoms with E-state index >= 15 is 0 Å². The van der Waals surface area contributed by atoms with Crippen molar-refractivity contribution in [2.75, 3.05) is 13.2 Å². The molecule has 0 unspecified atom stereocenters. The van der Waals surface area contributed by atoms with Gasteiger partial charge in [-0.2, -0.15) is 0 Å². The van der Waals surface area contributed by atoms with E-state index in [0.717, 1.165) is 0 Å². The van der Waals surface area contributed by atoms with Gasteiger partial charge in [0, 0.05) is 10.8 Å². The number of fused-ring (bicyclic) bond motifs is 6. The lowest BCUT2D eigenvalue weighted by Gasteiger charge is -2.23. The molecule has 0 saturated heterocycles. The molecule has 31 heavy (non-hydrogen) atoms. The van der Waals surface area contributed by atoms with Gasteiger partial charge in [-0.1, -0.05) is 76.2 Å². The number of rotatable bonds is 4. The van der Waals surface area contributed by atoms with Crippen LogP contribution in [-0.2, 0) is 25.0 Å². The predicted molar refractivity (Wildman–Crippen MR) is 120 cm³/mol. The molecule has 0 fully saturated rings. The summed E-state index contributed by atoms with van der Waals surface area (Å²) in [5.74, 6) is 1.34. The Balaban J connectivity index is 1.11. The third kappa shape index (κ3) is 2.65. The van der Waals surface area contributed by atoms with E-state index in [2.05, 4.69) is 76.2 Å². The molecule has 0 saturated carbocycles. The highest BCUT2D eigenvalue weighted by atomic mass is 16.6. The molecular weight excluding hydrogens is 388 g/mol. The summed E-state index contributed by atoms with van der Waals surface area (Å²) >= 11 is 0. The number of hydrogen-bond donors (Lipinski definition) is 0. The van der Waals surface area contributed by atoms with Crippen molar-refractivity contribution in [3.05, 3.63) is 70.8 Å². The molecule has 4 atom stereocenters. The molecule has 0 spiro atoms.